The maximum absolute atomic E-state index is 14.2. The molecule has 6 nitrogen and oxygen atoms in total. The monoisotopic (exact) mass is 546 g/mol. The molecular weight excluding hydrogens is 528 g/mol. The second-order valence-electron chi connectivity index (χ2n) is 8.59. The van der Waals surface area contributed by atoms with Crippen LogP contribution in [0.3, 0.4) is 0 Å². The molecule has 3 heterocycles. The number of hydrogen-bond acceptors (Lipinski definition) is 6. The number of thiophene rings is 2. The Labute approximate surface area is 226 Å². The standard InChI is InChI=1S/C28H19ClN2O4S2/c29-19-5-1-4-18(14-19)26(32)23-22(20-6-2-12-36-20)25(28(34)35)31(27(33)21-7-3-13-37-21)24(23)17-10-8-16(15-30)9-11-17/h1-14,22-25H,(H,34,35). The lowest BCUT2D eigenvalue weighted by atomic mass is 9.78. The number of carboxylic acids is 1. The summed E-state index contributed by atoms with van der Waals surface area (Å²) in [5, 5.41) is 23.8. The molecule has 1 amide bonds. The average Bonchev–Trinajstić information content (AvgIpc) is 3.67. The second-order valence-corrected chi connectivity index (χ2v) is 11.0. The van der Waals surface area contributed by atoms with E-state index in [0.717, 1.165) is 0 Å². The minimum atomic E-state index is -1.29. The highest BCUT2D eigenvalue weighted by molar-refractivity contribution is 7.12. The van der Waals surface area contributed by atoms with Gasteiger partial charge in [0, 0.05) is 21.4 Å². The molecular formula is C28H19ClN2O4S2. The molecule has 0 radical (unpaired) electrons. The quantitative estimate of drug-likeness (QED) is 0.287. The molecule has 1 N–H and O–H groups in total. The van der Waals surface area contributed by atoms with Crippen LogP contribution < -0.4 is 0 Å². The molecule has 0 aliphatic carbocycles. The summed E-state index contributed by atoms with van der Waals surface area (Å²) >= 11 is 8.78. The normalized spacial score (nSPS) is 20.9. The Morgan fingerprint density at radius 1 is 0.946 bits per heavy atom. The number of carbonyl (C=O) groups excluding carboxylic acids is 2. The lowest BCUT2D eigenvalue weighted by molar-refractivity contribution is -0.142. The minimum absolute atomic E-state index is 0.303. The van der Waals surface area contributed by atoms with Crippen molar-refractivity contribution < 1.29 is 19.5 Å². The van der Waals surface area contributed by atoms with Crippen LogP contribution in [-0.2, 0) is 4.79 Å². The minimum Gasteiger partial charge on any atom is -0.480 e. The van der Waals surface area contributed by atoms with E-state index in [-0.39, 0.29) is 5.78 Å². The number of Topliss-reactive ketones (excluding diaryl/α,β-unsaturated/α-hetero) is 1. The van der Waals surface area contributed by atoms with Crippen LogP contribution in [-0.4, -0.2) is 33.7 Å². The van der Waals surface area contributed by atoms with E-state index in [4.69, 9.17) is 11.6 Å². The van der Waals surface area contributed by atoms with Gasteiger partial charge in [-0.3, -0.25) is 9.59 Å². The SMILES string of the molecule is N#Cc1ccc(C2C(C(=O)c3cccc(Cl)c3)C(c3cccs3)C(C(=O)O)N2C(=O)c2cccs2)cc1. The van der Waals surface area contributed by atoms with Gasteiger partial charge in [0.05, 0.1) is 28.5 Å². The molecule has 1 fully saturated rings. The number of halogens is 1. The van der Waals surface area contributed by atoms with Crippen LogP contribution in [0, 0.1) is 17.2 Å². The van der Waals surface area contributed by atoms with Crippen molar-refractivity contribution in [3.05, 3.63) is 115 Å². The maximum Gasteiger partial charge on any atom is 0.327 e. The molecule has 0 bridgehead atoms. The Morgan fingerprint density at radius 2 is 1.68 bits per heavy atom. The van der Waals surface area contributed by atoms with E-state index in [1.54, 1.807) is 78.2 Å². The summed E-state index contributed by atoms with van der Waals surface area (Å²) in [6.45, 7) is 0. The van der Waals surface area contributed by atoms with Crippen molar-refractivity contribution in [2.45, 2.75) is 18.0 Å². The first-order valence-electron chi connectivity index (χ1n) is 11.3. The number of ketones is 1. The van der Waals surface area contributed by atoms with Crippen molar-refractivity contribution in [2.24, 2.45) is 5.92 Å². The summed E-state index contributed by atoms with van der Waals surface area (Å²) < 4.78 is 0. The largest absolute Gasteiger partial charge is 0.480 e. The van der Waals surface area contributed by atoms with E-state index in [0.29, 0.717) is 31.5 Å². The average molecular weight is 547 g/mol. The predicted octanol–water partition coefficient (Wildman–Crippen LogP) is 6.27. The van der Waals surface area contributed by atoms with Crippen molar-refractivity contribution in [1.82, 2.24) is 4.90 Å². The van der Waals surface area contributed by atoms with Crippen LogP contribution in [0.1, 0.15) is 48.0 Å². The van der Waals surface area contributed by atoms with Crippen LogP contribution in [0.2, 0.25) is 5.02 Å². The highest BCUT2D eigenvalue weighted by atomic mass is 35.5. The third-order valence-electron chi connectivity index (χ3n) is 6.55. The molecule has 5 rings (SSSR count). The van der Waals surface area contributed by atoms with Gasteiger partial charge in [-0.15, -0.1) is 22.7 Å². The van der Waals surface area contributed by atoms with E-state index in [1.165, 1.54) is 27.6 Å². The Kier molecular flexibility index (Phi) is 6.94. The lowest BCUT2D eigenvalue weighted by Gasteiger charge is -2.30. The van der Waals surface area contributed by atoms with Crippen molar-refractivity contribution in [3.63, 3.8) is 0 Å². The summed E-state index contributed by atoms with van der Waals surface area (Å²) in [7, 11) is 0. The van der Waals surface area contributed by atoms with Gasteiger partial charge in [0.1, 0.15) is 6.04 Å². The molecule has 4 aromatic rings. The number of carboxylic acid groups (broad SMARTS) is 1. The summed E-state index contributed by atoms with van der Waals surface area (Å²) in [5.74, 6) is -3.66. The number of hydrogen-bond donors (Lipinski definition) is 1. The number of nitrogens with zero attached hydrogens (tertiary/aromatic N) is 2. The van der Waals surface area contributed by atoms with Crippen molar-refractivity contribution in [1.29, 1.82) is 5.26 Å². The second kappa shape index (κ2) is 10.3. The van der Waals surface area contributed by atoms with E-state index >= 15 is 0 Å². The summed E-state index contributed by atoms with van der Waals surface area (Å²) in [5.41, 5.74) is 1.34. The fourth-order valence-electron chi connectivity index (χ4n) is 5.04. The van der Waals surface area contributed by atoms with E-state index in [1.807, 2.05) is 5.38 Å². The van der Waals surface area contributed by atoms with Gasteiger partial charge in [0.15, 0.2) is 5.78 Å². The number of benzene rings is 2. The van der Waals surface area contributed by atoms with Gasteiger partial charge in [-0.1, -0.05) is 48.0 Å². The topological polar surface area (TPSA) is 98.5 Å². The van der Waals surface area contributed by atoms with Crippen LogP contribution in [0.4, 0.5) is 0 Å². The summed E-state index contributed by atoms with van der Waals surface area (Å²) in [6.07, 6.45) is 0. The fraction of sp³-hybridized carbons (Fsp3) is 0.143. The van der Waals surface area contributed by atoms with Crippen molar-refractivity contribution >= 4 is 51.9 Å². The number of amides is 1. The van der Waals surface area contributed by atoms with Gasteiger partial charge in [0.25, 0.3) is 5.91 Å². The summed E-state index contributed by atoms with van der Waals surface area (Å²) in [4.78, 5) is 43.4. The third-order valence-corrected chi connectivity index (χ3v) is 8.62. The zero-order valence-electron chi connectivity index (χ0n) is 19.2. The number of rotatable bonds is 6. The summed E-state index contributed by atoms with van der Waals surface area (Å²) in [6, 6.07) is 20.0. The zero-order chi connectivity index (χ0) is 26.1. The van der Waals surface area contributed by atoms with Crippen molar-refractivity contribution in [3.8, 4) is 6.07 Å². The molecule has 9 heteroatoms. The smallest absolute Gasteiger partial charge is 0.327 e. The molecule has 0 saturated carbocycles. The Morgan fingerprint density at radius 3 is 2.27 bits per heavy atom. The molecule has 0 spiro atoms. The first kappa shape index (κ1) is 24.9. The predicted molar refractivity (Wildman–Crippen MR) is 142 cm³/mol. The molecule has 2 aromatic carbocycles. The lowest BCUT2D eigenvalue weighted by Crippen LogP contribution is -2.43. The van der Waals surface area contributed by atoms with Gasteiger partial charge in [0.2, 0.25) is 0 Å². The first-order chi connectivity index (χ1) is 17.9. The van der Waals surface area contributed by atoms with Gasteiger partial charge in [-0.2, -0.15) is 5.26 Å². The van der Waals surface area contributed by atoms with Gasteiger partial charge in [-0.05, 0) is 52.7 Å². The zero-order valence-corrected chi connectivity index (χ0v) is 21.5. The number of likely N-dealkylation sites (tertiary alicyclic amines) is 1. The maximum atomic E-state index is 14.2. The highest BCUT2D eigenvalue weighted by Crippen LogP contribution is 2.52. The van der Waals surface area contributed by atoms with Crippen LogP contribution in [0.25, 0.3) is 0 Å². The van der Waals surface area contributed by atoms with Gasteiger partial charge >= 0.3 is 5.97 Å². The van der Waals surface area contributed by atoms with E-state index < -0.39 is 35.8 Å². The Bertz CT molecular complexity index is 1490. The molecule has 37 heavy (non-hydrogen) atoms. The molecule has 1 aliphatic heterocycles. The van der Waals surface area contributed by atoms with E-state index in [2.05, 4.69) is 6.07 Å². The van der Waals surface area contributed by atoms with Crippen LogP contribution >= 0.6 is 34.3 Å². The van der Waals surface area contributed by atoms with Gasteiger partial charge < -0.3 is 10.0 Å². The molecule has 184 valence electrons. The Balaban J connectivity index is 1.76. The molecule has 4 unspecified atom stereocenters. The molecule has 1 aliphatic rings. The van der Waals surface area contributed by atoms with Crippen molar-refractivity contribution in [2.75, 3.05) is 0 Å². The van der Waals surface area contributed by atoms with Crippen LogP contribution in [0.15, 0.2) is 83.6 Å². The number of aliphatic carboxylic acids is 1. The number of nitriles is 1. The fourth-order valence-corrected chi connectivity index (χ4v) is 6.80. The third kappa shape index (κ3) is 4.58. The molecule has 1 saturated heterocycles. The van der Waals surface area contributed by atoms with E-state index in [9.17, 15) is 24.8 Å². The first-order valence-corrected chi connectivity index (χ1v) is 13.5. The molecule has 2 aromatic heterocycles. The Hall–Kier alpha value is -3.77. The van der Waals surface area contributed by atoms with Gasteiger partial charge in [-0.25, -0.2) is 4.79 Å². The number of carbonyl (C=O) groups is 3. The molecule has 4 atom stereocenters. The van der Waals surface area contributed by atoms with Crippen LogP contribution in [0.5, 0.6) is 0 Å². The highest BCUT2D eigenvalue weighted by Gasteiger charge is 2.58.